The Bertz CT molecular complexity index is 1220. The zero-order valence-electron chi connectivity index (χ0n) is 17.0. The van der Waals surface area contributed by atoms with Crippen molar-refractivity contribution in [2.45, 2.75) is 25.3 Å². The molecule has 0 bridgehead atoms. The normalized spacial score (nSPS) is 19.9. The molecule has 2 aromatic carbocycles. The molecule has 3 N–H and O–H groups in total. The van der Waals surface area contributed by atoms with Crippen molar-refractivity contribution in [2.24, 2.45) is 10.7 Å². The number of nitrogens with two attached hydrogens (primary N) is 1. The lowest BCUT2D eigenvalue weighted by Crippen LogP contribution is -2.43. The van der Waals surface area contributed by atoms with Gasteiger partial charge >= 0.3 is 12.0 Å². The molecule has 0 spiro atoms. The van der Waals surface area contributed by atoms with Gasteiger partial charge in [-0.3, -0.25) is 14.5 Å². The molecule has 2 atom stereocenters. The number of hydrogen-bond acceptors (Lipinski definition) is 6. The summed E-state index contributed by atoms with van der Waals surface area (Å²) in [5, 5.41) is 1.14. The standard InChI is InChI=1S/C23H22N4O4/c1-13(17-10-25-19-8-3-2-6-16(17)19)15-7-4-5-14-9-18(24)22(29)31-12-27(21(14)15)23-26-20(28)11-30-23/h2-8,10,13,18,25H,9,11-12,24H2,1H3/t13-,18-/m0/s1. The van der Waals surface area contributed by atoms with Gasteiger partial charge in [0.15, 0.2) is 13.3 Å². The fourth-order valence-corrected chi connectivity index (χ4v) is 4.28. The van der Waals surface area contributed by atoms with Gasteiger partial charge in [0.05, 0.1) is 5.69 Å². The monoisotopic (exact) mass is 418 g/mol. The number of anilines is 1. The summed E-state index contributed by atoms with van der Waals surface area (Å²) in [6.07, 6.45) is 2.32. The smallest absolute Gasteiger partial charge is 0.324 e. The Morgan fingerprint density at radius 1 is 1.13 bits per heavy atom. The lowest BCUT2D eigenvalue weighted by molar-refractivity contribution is -0.145. The van der Waals surface area contributed by atoms with Gasteiger partial charge in [-0.2, -0.15) is 4.99 Å². The van der Waals surface area contributed by atoms with Crippen molar-refractivity contribution in [1.82, 2.24) is 4.98 Å². The quantitative estimate of drug-likeness (QED) is 0.619. The molecule has 0 saturated heterocycles. The number of benzene rings is 2. The Balaban J connectivity index is 1.67. The predicted molar refractivity (Wildman–Crippen MR) is 116 cm³/mol. The molecular formula is C23H22N4O4. The number of nitrogens with one attached hydrogen (secondary N) is 1. The number of hydrogen-bond donors (Lipinski definition) is 2. The summed E-state index contributed by atoms with van der Waals surface area (Å²) in [4.78, 5) is 33.0. The zero-order chi connectivity index (χ0) is 21.5. The number of amidine groups is 1. The second kappa shape index (κ2) is 7.55. The van der Waals surface area contributed by atoms with Crippen LogP contribution < -0.4 is 10.6 Å². The molecule has 158 valence electrons. The second-order valence-corrected chi connectivity index (χ2v) is 7.77. The number of aliphatic imine (C=N–C) groups is 1. The van der Waals surface area contributed by atoms with E-state index in [1.807, 2.05) is 42.6 Å². The van der Waals surface area contributed by atoms with E-state index in [4.69, 9.17) is 15.2 Å². The third-order valence-electron chi connectivity index (χ3n) is 5.83. The maximum absolute atomic E-state index is 12.2. The van der Waals surface area contributed by atoms with Gasteiger partial charge in [0.25, 0.3) is 5.91 Å². The number of rotatable bonds is 2. The van der Waals surface area contributed by atoms with Gasteiger partial charge < -0.3 is 20.2 Å². The zero-order valence-corrected chi connectivity index (χ0v) is 17.0. The maximum Gasteiger partial charge on any atom is 0.324 e. The SMILES string of the molecule is C[C@@H](c1cccc2c1N(C1=NC(=O)CO1)COC(=O)[C@@H](N)C2)c1c[nH]c2ccccc12. The number of ether oxygens (including phenoxy) is 2. The number of aromatic amines is 1. The molecule has 0 aliphatic carbocycles. The lowest BCUT2D eigenvalue weighted by atomic mass is 9.88. The highest BCUT2D eigenvalue weighted by molar-refractivity contribution is 6.05. The fraction of sp³-hybridized carbons (Fsp3) is 0.261. The summed E-state index contributed by atoms with van der Waals surface area (Å²) in [7, 11) is 0. The first kappa shape index (κ1) is 19.3. The van der Waals surface area contributed by atoms with Gasteiger partial charge in [-0.15, -0.1) is 0 Å². The molecule has 8 heteroatoms. The van der Waals surface area contributed by atoms with Gasteiger partial charge in [0.2, 0.25) is 0 Å². The molecule has 31 heavy (non-hydrogen) atoms. The maximum atomic E-state index is 12.2. The lowest BCUT2D eigenvalue weighted by Gasteiger charge is -2.32. The number of cyclic esters (lactones) is 1. The third-order valence-corrected chi connectivity index (χ3v) is 5.83. The molecule has 0 fully saturated rings. The van der Waals surface area contributed by atoms with E-state index in [-0.39, 0.29) is 31.2 Å². The van der Waals surface area contributed by atoms with Crippen LogP contribution in [0.25, 0.3) is 10.9 Å². The number of carbonyl (C=O) groups is 2. The molecule has 5 rings (SSSR count). The summed E-state index contributed by atoms with van der Waals surface area (Å²) in [5.74, 6) is -0.878. The van der Waals surface area contributed by atoms with Crippen molar-refractivity contribution in [3.63, 3.8) is 0 Å². The van der Waals surface area contributed by atoms with E-state index < -0.39 is 12.0 Å². The highest BCUT2D eigenvalue weighted by Gasteiger charge is 2.33. The molecule has 0 saturated carbocycles. The Morgan fingerprint density at radius 3 is 2.77 bits per heavy atom. The molecule has 1 amide bonds. The number of esters is 1. The third kappa shape index (κ3) is 3.34. The van der Waals surface area contributed by atoms with Crippen LogP contribution in [0, 0.1) is 0 Å². The van der Waals surface area contributed by atoms with Crippen LogP contribution in [0.5, 0.6) is 0 Å². The van der Waals surface area contributed by atoms with Crippen LogP contribution in [0.4, 0.5) is 5.69 Å². The van der Waals surface area contributed by atoms with Gasteiger partial charge in [0, 0.05) is 29.4 Å². The highest BCUT2D eigenvalue weighted by atomic mass is 16.6. The van der Waals surface area contributed by atoms with Crippen LogP contribution in [-0.2, 0) is 25.5 Å². The van der Waals surface area contributed by atoms with Gasteiger partial charge in [-0.05, 0) is 22.8 Å². The fourth-order valence-electron chi connectivity index (χ4n) is 4.28. The molecule has 8 nitrogen and oxygen atoms in total. The van der Waals surface area contributed by atoms with E-state index >= 15 is 0 Å². The first-order valence-electron chi connectivity index (χ1n) is 10.1. The summed E-state index contributed by atoms with van der Waals surface area (Å²) in [5.41, 5.74) is 10.9. The first-order chi connectivity index (χ1) is 15.0. The minimum absolute atomic E-state index is 0.00217. The minimum Gasteiger partial charge on any atom is -0.454 e. The number of carbonyl (C=O) groups excluding carboxylic acids is 2. The van der Waals surface area contributed by atoms with Crippen LogP contribution in [0.2, 0.25) is 0 Å². The molecule has 3 aromatic rings. The van der Waals surface area contributed by atoms with Crippen molar-refractivity contribution >= 4 is 34.5 Å². The molecule has 3 heterocycles. The van der Waals surface area contributed by atoms with Crippen molar-refractivity contribution in [3.8, 4) is 0 Å². The molecule has 2 aliphatic rings. The van der Waals surface area contributed by atoms with Crippen LogP contribution in [0.1, 0.15) is 29.5 Å². The van der Waals surface area contributed by atoms with Gasteiger partial charge in [-0.25, -0.2) is 0 Å². The number of fused-ring (bicyclic) bond motifs is 2. The molecule has 1 aromatic heterocycles. The number of amides is 1. The van der Waals surface area contributed by atoms with E-state index in [1.165, 1.54) is 0 Å². The Kier molecular flexibility index (Phi) is 4.71. The number of para-hydroxylation sites is 2. The summed E-state index contributed by atoms with van der Waals surface area (Å²) < 4.78 is 10.9. The van der Waals surface area contributed by atoms with E-state index in [2.05, 4.69) is 23.0 Å². The van der Waals surface area contributed by atoms with E-state index in [0.717, 1.165) is 33.3 Å². The predicted octanol–water partition coefficient (Wildman–Crippen LogP) is 2.42. The van der Waals surface area contributed by atoms with E-state index in [1.54, 1.807) is 4.90 Å². The largest absolute Gasteiger partial charge is 0.454 e. The summed E-state index contributed by atoms with van der Waals surface area (Å²) in [6.45, 7) is 1.86. The van der Waals surface area contributed by atoms with Crippen LogP contribution >= 0.6 is 0 Å². The second-order valence-electron chi connectivity index (χ2n) is 7.77. The van der Waals surface area contributed by atoms with Crippen LogP contribution in [0.3, 0.4) is 0 Å². The molecular weight excluding hydrogens is 396 g/mol. The molecule has 0 radical (unpaired) electrons. The number of H-pyrrole nitrogens is 1. The van der Waals surface area contributed by atoms with Crippen molar-refractivity contribution in [2.75, 3.05) is 18.2 Å². The summed E-state index contributed by atoms with van der Waals surface area (Å²) in [6, 6.07) is 13.4. The average molecular weight is 418 g/mol. The average Bonchev–Trinajstić information content (AvgIpc) is 3.39. The highest BCUT2D eigenvalue weighted by Crippen LogP contribution is 2.39. The van der Waals surface area contributed by atoms with Crippen LogP contribution in [0.15, 0.2) is 53.7 Å². The topological polar surface area (TPSA) is 110 Å². The molecule has 0 unspecified atom stereocenters. The van der Waals surface area contributed by atoms with Crippen LogP contribution in [-0.4, -0.2) is 42.3 Å². The van der Waals surface area contributed by atoms with Crippen molar-refractivity contribution in [3.05, 3.63) is 65.4 Å². The summed E-state index contributed by atoms with van der Waals surface area (Å²) >= 11 is 0. The van der Waals surface area contributed by atoms with E-state index in [9.17, 15) is 9.59 Å². The first-order valence-corrected chi connectivity index (χ1v) is 10.1. The minimum atomic E-state index is -0.771. The number of nitrogens with zero attached hydrogens (tertiary/aromatic N) is 2. The van der Waals surface area contributed by atoms with E-state index in [0.29, 0.717) is 6.42 Å². The Labute approximate surface area is 178 Å². The van der Waals surface area contributed by atoms with Crippen molar-refractivity contribution < 1.29 is 19.1 Å². The Morgan fingerprint density at radius 2 is 1.97 bits per heavy atom. The Hall–Kier alpha value is -3.65. The molecule has 2 aliphatic heterocycles. The van der Waals surface area contributed by atoms with Crippen molar-refractivity contribution in [1.29, 1.82) is 0 Å². The van der Waals surface area contributed by atoms with Gasteiger partial charge in [-0.1, -0.05) is 43.3 Å². The van der Waals surface area contributed by atoms with Gasteiger partial charge in [0.1, 0.15) is 6.04 Å². The number of aromatic nitrogens is 1.